The highest BCUT2D eigenvalue weighted by molar-refractivity contribution is 8.34. The van der Waals surface area contributed by atoms with Gasteiger partial charge >= 0.3 is 0 Å². The van der Waals surface area contributed by atoms with Crippen LogP contribution in [0.1, 0.15) is 0 Å². The second kappa shape index (κ2) is 18.7. The minimum Gasteiger partial charge on any atom is -0.311 e. The van der Waals surface area contributed by atoms with Crippen molar-refractivity contribution in [2.45, 2.75) is 39.2 Å². The van der Waals surface area contributed by atoms with Crippen molar-refractivity contribution >= 4 is 58.9 Å². The minimum atomic E-state index is -1.97. The Labute approximate surface area is 414 Å². The normalized spacial score (nSPS) is 12.2. The molecule has 0 radical (unpaired) electrons. The lowest BCUT2D eigenvalue weighted by atomic mass is 10.1. The molecule has 0 aliphatic rings. The van der Waals surface area contributed by atoms with E-state index in [0.717, 1.165) is 33.8 Å². The Morgan fingerprint density at radius 3 is 0.771 bits per heavy atom. The number of anilines is 3. The summed E-state index contributed by atoms with van der Waals surface area (Å²) in [6.07, 6.45) is 0. The zero-order valence-electron chi connectivity index (χ0n) is 38.6. The molecule has 70 heavy (non-hydrogen) atoms. The molecule has 0 unspecified atom stereocenters. The Kier molecular flexibility index (Phi) is 11.5. The molecular formula is C66H50N2S2. The molecule has 12 rings (SSSR count). The minimum absolute atomic E-state index is 1.09. The van der Waals surface area contributed by atoms with Gasteiger partial charge in [0.05, 0.1) is 11.0 Å². The van der Waals surface area contributed by atoms with Crippen LogP contribution in [0.4, 0.5) is 17.1 Å². The monoisotopic (exact) mass is 934 g/mol. The third-order valence-electron chi connectivity index (χ3n) is 13.4. The maximum Gasteiger partial charge on any atom is 0.0541 e. The standard InChI is InChI=1S/C66H50N2S2/c1-9-25-51(26-10-1)67(52-27-11-2-12-28-52)53-41-43-54(44-42-53)68-65-47-45-61(69(55-29-13-3-14-30-55,56-31-15-4-16-32-56)57-33-17-5-18-34-57)49-63(65)64-50-62(46-48-66(64)68)70(58-35-19-6-20-36-58,59-37-21-7-22-38-59)60-39-23-8-24-40-60/h1-50H. The number of benzene rings is 11. The second-order valence-corrected chi connectivity index (χ2v) is 23.5. The molecule has 0 aliphatic carbocycles. The number of hydrogen-bond acceptors (Lipinski definition) is 1. The maximum atomic E-state index is 2.53. The second-order valence-electron chi connectivity index (χ2n) is 17.3. The number of para-hydroxylation sites is 2. The Hall–Kier alpha value is -8.28. The van der Waals surface area contributed by atoms with Crippen LogP contribution in [-0.4, -0.2) is 4.57 Å². The molecule has 0 saturated carbocycles. The van der Waals surface area contributed by atoms with Gasteiger partial charge in [0.1, 0.15) is 0 Å². The Bertz CT molecular complexity index is 3250. The Morgan fingerprint density at radius 1 is 0.229 bits per heavy atom. The van der Waals surface area contributed by atoms with Crippen LogP contribution in [0, 0.1) is 0 Å². The number of aromatic nitrogens is 1. The van der Waals surface area contributed by atoms with Crippen LogP contribution in [0.5, 0.6) is 0 Å². The zero-order chi connectivity index (χ0) is 46.7. The fourth-order valence-corrected chi connectivity index (χ4v) is 18.2. The van der Waals surface area contributed by atoms with Gasteiger partial charge in [0.2, 0.25) is 0 Å². The van der Waals surface area contributed by atoms with Crippen molar-refractivity contribution in [1.82, 2.24) is 4.57 Å². The molecule has 0 bridgehead atoms. The summed E-state index contributed by atoms with van der Waals surface area (Å²) >= 11 is 0. The van der Waals surface area contributed by atoms with Crippen molar-refractivity contribution < 1.29 is 0 Å². The average molecular weight is 935 g/mol. The molecule has 336 valence electrons. The quantitative estimate of drug-likeness (QED) is 0.118. The van der Waals surface area contributed by atoms with E-state index in [1.54, 1.807) is 0 Å². The summed E-state index contributed by atoms with van der Waals surface area (Å²) in [6.45, 7) is 0. The first-order valence-corrected chi connectivity index (χ1v) is 27.1. The van der Waals surface area contributed by atoms with Crippen LogP contribution < -0.4 is 4.90 Å². The van der Waals surface area contributed by atoms with E-state index in [0.29, 0.717) is 0 Å². The van der Waals surface area contributed by atoms with Crippen LogP contribution in [0.3, 0.4) is 0 Å². The van der Waals surface area contributed by atoms with E-state index in [1.807, 2.05) is 0 Å². The van der Waals surface area contributed by atoms with Crippen LogP contribution in [0.15, 0.2) is 342 Å². The first-order valence-electron chi connectivity index (χ1n) is 23.8. The summed E-state index contributed by atoms with van der Waals surface area (Å²) in [5, 5.41) is 2.44. The maximum absolute atomic E-state index is 2.53. The van der Waals surface area contributed by atoms with Gasteiger partial charge in [0, 0.05) is 72.7 Å². The first kappa shape index (κ1) is 43.0. The molecule has 0 aliphatic heterocycles. The summed E-state index contributed by atoms with van der Waals surface area (Å²) in [5.41, 5.74) is 6.74. The van der Waals surface area contributed by atoms with Crippen molar-refractivity contribution in [3.8, 4) is 5.69 Å². The predicted octanol–water partition coefficient (Wildman–Crippen LogP) is 18.9. The van der Waals surface area contributed by atoms with Gasteiger partial charge in [-0.3, -0.25) is 0 Å². The molecule has 4 heteroatoms. The van der Waals surface area contributed by atoms with E-state index in [4.69, 9.17) is 0 Å². The summed E-state index contributed by atoms with van der Waals surface area (Å²) in [6, 6.07) is 112. The number of nitrogens with zero attached hydrogens (tertiary/aromatic N) is 2. The average Bonchev–Trinajstić information content (AvgIpc) is 3.77. The van der Waals surface area contributed by atoms with E-state index in [9.17, 15) is 0 Å². The summed E-state index contributed by atoms with van der Waals surface area (Å²) in [4.78, 5) is 12.7. The highest BCUT2D eigenvalue weighted by Crippen LogP contribution is 2.75. The van der Waals surface area contributed by atoms with E-state index >= 15 is 0 Å². The first-order chi connectivity index (χ1) is 34.7. The molecule has 0 saturated heterocycles. The summed E-state index contributed by atoms with van der Waals surface area (Å²) in [5.74, 6) is 0. The molecule has 0 N–H and O–H groups in total. The van der Waals surface area contributed by atoms with Crippen molar-refractivity contribution in [3.63, 3.8) is 0 Å². The molecule has 11 aromatic carbocycles. The fourth-order valence-electron chi connectivity index (χ4n) is 10.4. The van der Waals surface area contributed by atoms with Gasteiger partial charge in [-0.05, 0) is 158 Å². The third-order valence-corrected chi connectivity index (χ3v) is 21.2. The van der Waals surface area contributed by atoms with Gasteiger partial charge in [0.25, 0.3) is 0 Å². The van der Waals surface area contributed by atoms with Crippen molar-refractivity contribution in [2.24, 2.45) is 0 Å². The predicted molar refractivity (Wildman–Crippen MR) is 295 cm³/mol. The number of hydrogen-bond donors (Lipinski definition) is 0. The van der Waals surface area contributed by atoms with E-state index in [1.165, 1.54) is 49.9 Å². The van der Waals surface area contributed by atoms with Crippen molar-refractivity contribution in [3.05, 3.63) is 303 Å². The summed E-state index contributed by atoms with van der Waals surface area (Å²) < 4.78 is 2.48. The van der Waals surface area contributed by atoms with Gasteiger partial charge in [-0.15, -0.1) is 20.1 Å². The molecule has 2 nitrogen and oxygen atoms in total. The van der Waals surface area contributed by atoms with E-state index in [2.05, 4.69) is 313 Å². The molecule has 0 spiro atoms. The van der Waals surface area contributed by atoms with Crippen LogP contribution in [-0.2, 0) is 0 Å². The van der Waals surface area contributed by atoms with Crippen LogP contribution >= 0.6 is 20.1 Å². The Morgan fingerprint density at radius 2 is 0.486 bits per heavy atom. The Balaban J connectivity index is 1.16. The molecule has 0 fully saturated rings. The van der Waals surface area contributed by atoms with Crippen LogP contribution in [0.25, 0.3) is 27.5 Å². The molecule has 12 aromatic rings. The fraction of sp³-hybridized carbons (Fsp3) is 0. The van der Waals surface area contributed by atoms with Gasteiger partial charge in [-0.25, -0.2) is 0 Å². The van der Waals surface area contributed by atoms with Gasteiger partial charge in [-0.1, -0.05) is 146 Å². The van der Waals surface area contributed by atoms with Crippen molar-refractivity contribution in [1.29, 1.82) is 0 Å². The topological polar surface area (TPSA) is 8.17 Å². The molecular weight excluding hydrogens is 885 g/mol. The lowest BCUT2D eigenvalue weighted by Gasteiger charge is -2.42. The molecule has 0 atom stereocenters. The lowest BCUT2D eigenvalue weighted by Crippen LogP contribution is -2.09. The van der Waals surface area contributed by atoms with Gasteiger partial charge in [0.15, 0.2) is 0 Å². The van der Waals surface area contributed by atoms with E-state index < -0.39 is 20.1 Å². The van der Waals surface area contributed by atoms with Gasteiger partial charge in [-0.2, -0.15) is 0 Å². The smallest absolute Gasteiger partial charge is 0.0541 e. The number of fused-ring (bicyclic) bond motifs is 3. The van der Waals surface area contributed by atoms with Gasteiger partial charge < -0.3 is 9.47 Å². The van der Waals surface area contributed by atoms with Crippen LogP contribution in [0.2, 0.25) is 0 Å². The molecule has 0 amide bonds. The highest BCUT2D eigenvalue weighted by atomic mass is 32.3. The zero-order valence-corrected chi connectivity index (χ0v) is 40.2. The molecule has 1 aromatic heterocycles. The van der Waals surface area contributed by atoms with E-state index in [-0.39, 0.29) is 0 Å². The molecule has 1 heterocycles. The number of rotatable bonds is 12. The third kappa shape index (κ3) is 7.32. The van der Waals surface area contributed by atoms with Crippen molar-refractivity contribution in [2.75, 3.05) is 4.90 Å². The summed E-state index contributed by atoms with van der Waals surface area (Å²) in [7, 11) is -3.94. The largest absolute Gasteiger partial charge is 0.311 e. The highest BCUT2D eigenvalue weighted by Gasteiger charge is 2.36. The lowest BCUT2D eigenvalue weighted by molar-refractivity contribution is 1.17. The SMILES string of the molecule is c1ccc(N(c2ccccc2)c2ccc(-n3c4ccc(S(c5ccccc5)(c5ccccc5)c5ccccc5)cc4c4cc(S(c5ccccc5)(c5ccccc5)c5ccccc5)ccc43)cc2)cc1.